The van der Waals surface area contributed by atoms with Gasteiger partial charge in [0.1, 0.15) is 6.04 Å². The molecule has 2 atom stereocenters. The minimum atomic E-state index is -0.343. The summed E-state index contributed by atoms with van der Waals surface area (Å²) in [6.45, 7) is 1.86. The maximum Gasteiger partial charge on any atom is 0.279 e. The third-order valence-electron chi connectivity index (χ3n) is 2.63. The zero-order valence-electron chi connectivity index (χ0n) is 8.41. The molecule has 2 amide bonds. The van der Waals surface area contributed by atoms with Gasteiger partial charge < -0.3 is 16.0 Å². The number of hydrogen-bond acceptors (Lipinski definition) is 4. The van der Waals surface area contributed by atoms with E-state index in [1.165, 1.54) is 11.8 Å². The lowest BCUT2D eigenvalue weighted by atomic mass is 10.1. The fraction of sp³-hybridized carbons (Fsp3) is 0.778. The van der Waals surface area contributed by atoms with Crippen molar-refractivity contribution in [1.82, 2.24) is 16.0 Å². The minimum Gasteiger partial charge on any atom is -0.350 e. The van der Waals surface area contributed by atoms with Crippen molar-refractivity contribution in [2.24, 2.45) is 0 Å². The number of carbonyl (C=O) groups excluding carboxylic acids is 2. The molecular formula is C9H15N3O2S. The molecule has 0 aromatic rings. The fourth-order valence-corrected chi connectivity index (χ4v) is 2.58. The van der Waals surface area contributed by atoms with E-state index in [1.807, 2.05) is 0 Å². The molecule has 0 aliphatic carbocycles. The molecule has 2 heterocycles. The van der Waals surface area contributed by atoms with E-state index in [0.29, 0.717) is 5.75 Å². The van der Waals surface area contributed by atoms with Crippen molar-refractivity contribution in [3.8, 4) is 0 Å². The summed E-state index contributed by atoms with van der Waals surface area (Å²) in [5.41, 5.74) is 0. The highest BCUT2D eigenvalue weighted by Crippen LogP contribution is 2.13. The summed E-state index contributed by atoms with van der Waals surface area (Å²) in [5, 5.41) is 8.72. The van der Waals surface area contributed by atoms with Crippen LogP contribution in [-0.2, 0) is 4.79 Å². The van der Waals surface area contributed by atoms with Crippen LogP contribution in [-0.4, -0.2) is 42.1 Å². The van der Waals surface area contributed by atoms with Gasteiger partial charge in [-0.15, -0.1) is 0 Å². The van der Waals surface area contributed by atoms with E-state index in [4.69, 9.17) is 0 Å². The second kappa shape index (κ2) is 4.85. The molecule has 0 radical (unpaired) electrons. The van der Waals surface area contributed by atoms with E-state index in [2.05, 4.69) is 16.0 Å². The number of amides is 2. The zero-order valence-corrected chi connectivity index (χ0v) is 9.23. The Bertz CT molecular complexity index is 266. The van der Waals surface area contributed by atoms with Crippen LogP contribution in [0, 0.1) is 0 Å². The van der Waals surface area contributed by atoms with Gasteiger partial charge in [-0.05, 0) is 19.4 Å². The first-order valence-electron chi connectivity index (χ1n) is 5.20. The lowest BCUT2D eigenvalue weighted by Gasteiger charge is -2.24. The van der Waals surface area contributed by atoms with Crippen LogP contribution in [0.4, 0.5) is 4.79 Å². The van der Waals surface area contributed by atoms with Crippen LogP contribution in [0.5, 0.6) is 0 Å². The van der Waals surface area contributed by atoms with Gasteiger partial charge in [0.15, 0.2) is 0 Å². The predicted octanol–water partition coefficient (Wildman–Crippen LogP) is -0.320. The molecule has 0 aromatic heterocycles. The lowest BCUT2D eigenvalue weighted by Crippen LogP contribution is -2.51. The van der Waals surface area contributed by atoms with Gasteiger partial charge in [0, 0.05) is 18.3 Å². The maximum atomic E-state index is 11.7. The Hall–Kier alpha value is -0.750. The largest absolute Gasteiger partial charge is 0.350 e. The Kier molecular flexibility index (Phi) is 3.48. The highest BCUT2D eigenvalue weighted by molar-refractivity contribution is 8.14. The highest BCUT2D eigenvalue weighted by atomic mass is 32.2. The maximum absolute atomic E-state index is 11.7. The topological polar surface area (TPSA) is 70.2 Å². The van der Waals surface area contributed by atoms with Gasteiger partial charge in [-0.1, -0.05) is 11.8 Å². The minimum absolute atomic E-state index is 0.0537. The van der Waals surface area contributed by atoms with Gasteiger partial charge in [0.25, 0.3) is 5.24 Å². The van der Waals surface area contributed by atoms with Crippen molar-refractivity contribution >= 4 is 22.9 Å². The molecule has 0 spiro atoms. The second-order valence-corrected chi connectivity index (χ2v) is 4.84. The Balaban J connectivity index is 1.78. The van der Waals surface area contributed by atoms with Crippen molar-refractivity contribution in [3.63, 3.8) is 0 Å². The van der Waals surface area contributed by atoms with Crippen LogP contribution in [0.3, 0.4) is 0 Å². The first kappa shape index (κ1) is 10.8. The van der Waals surface area contributed by atoms with Crippen LogP contribution in [0.25, 0.3) is 0 Å². The summed E-state index contributed by atoms with van der Waals surface area (Å²) in [5.74, 6) is 0.493. The zero-order chi connectivity index (χ0) is 10.7. The van der Waals surface area contributed by atoms with E-state index in [9.17, 15) is 9.59 Å². The standard InChI is InChI=1S/C9H15N3O2S/c13-8(7-5-15-9(14)12-7)11-6-2-1-3-10-4-6/h6-7,10H,1-5H2,(H,11,13)(H,12,14)/t6-,7?/m0/s1. The fourth-order valence-electron chi connectivity index (χ4n) is 1.80. The normalized spacial score (nSPS) is 31.1. The molecule has 0 aromatic carbocycles. The lowest BCUT2D eigenvalue weighted by molar-refractivity contribution is -0.123. The Morgan fingerprint density at radius 1 is 1.53 bits per heavy atom. The summed E-state index contributed by atoms with van der Waals surface area (Å²) < 4.78 is 0. The van der Waals surface area contributed by atoms with E-state index < -0.39 is 0 Å². The number of nitrogens with one attached hydrogen (secondary N) is 3. The van der Waals surface area contributed by atoms with Gasteiger partial charge in [0.2, 0.25) is 5.91 Å². The first-order valence-corrected chi connectivity index (χ1v) is 6.18. The third kappa shape index (κ3) is 2.85. The van der Waals surface area contributed by atoms with Gasteiger partial charge in [-0.2, -0.15) is 0 Å². The smallest absolute Gasteiger partial charge is 0.279 e. The number of hydrogen-bond donors (Lipinski definition) is 3. The van der Waals surface area contributed by atoms with Crippen LogP contribution in [0.2, 0.25) is 0 Å². The van der Waals surface area contributed by atoms with Crippen LogP contribution in [0.15, 0.2) is 0 Å². The molecule has 2 saturated heterocycles. The summed E-state index contributed by atoms with van der Waals surface area (Å²) in [6, 6.07) is -0.127. The van der Waals surface area contributed by atoms with Gasteiger partial charge in [-0.25, -0.2) is 0 Å². The number of rotatable bonds is 2. The summed E-state index contributed by atoms with van der Waals surface area (Å²) >= 11 is 1.17. The molecule has 0 bridgehead atoms. The number of thioether (sulfide) groups is 1. The molecule has 6 heteroatoms. The monoisotopic (exact) mass is 229 g/mol. The van der Waals surface area contributed by atoms with Gasteiger partial charge in [-0.3, -0.25) is 9.59 Å². The van der Waals surface area contributed by atoms with Crippen molar-refractivity contribution in [2.75, 3.05) is 18.8 Å². The number of piperidine rings is 1. The van der Waals surface area contributed by atoms with Crippen molar-refractivity contribution in [3.05, 3.63) is 0 Å². The van der Waals surface area contributed by atoms with Crippen LogP contribution < -0.4 is 16.0 Å². The first-order chi connectivity index (χ1) is 7.25. The third-order valence-corrected chi connectivity index (χ3v) is 3.51. The molecule has 15 heavy (non-hydrogen) atoms. The van der Waals surface area contributed by atoms with Crippen LogP contribution in [0.1, 0.15) is 12.8 Å². The molecule has 2 aliphatic heterocycles. The average molecular weight is 229 g/mol. The Morgan fingerprint density at radius 2 is 2.40 bits per heavy atom. The molecule has 2 rings (SSSR count). The average Bonchev–Trinajstić information content (AvgIpc) is 2.66. The molecule has 2 aliphatic rings. The van der Waals surface area contributed by atoms with Crippen molar-refractivity contribution in [2.45, 2.75) is 24.9 Å². The highest BCUT2D eigenvalue weighted by Gasteiger charge is 2.29. The molecule has 0 saturated carbocycles. The van der Waals surface area contributed by atoms with E-state index in [-0.39, 0.29) is 23.2 Å². The van der Waals surface area contributed by atoms with Gasteiger partial charge >= 0.3 is 0 Å². The SMILES string of the molecule is O=C1NC(C(=O)N[C@H]2CCCNC2)CS1. The quantitative estimate of drug-likeness (QED) is 0.607. The summed E-state index contributed by atoms with van der Waals surface area (Å²) in [4.78, 5) is 22.6. The Morgan fingerprint density at radius 3 is 3.00 bits per heavy atom. The molecule has 84 valence electrons. The summed E-state index contributed by atoms with van der Waals surface area (Å²) in [7, 11) is 0. The molecule has 5 nitrogen and oxygen atoms in total. The van der Waals surface area contributed by atoms with E-state index >= 15 is 0 Å². The van der Waals surface area contributed by atoms with Crippen molar-refractivity contribution in [1.29, 1.82) is 0 Å². The van der Waals surface area contributed by atoms with E-state index in [0.717, 1.165) is 25.9 Å². The number of carbonyl (C=O) groups is 2. The molecular weight excluding hydrogens is 214 g/mol. The van der Waals surface area contributed by atoms with E-state index in [1.54, 1.807) is 0 Å². The van der Waals surface area contributed by atoms with Crippen LogP contribution >= 0.6 is 11.8 Å². The molecule has 2 fully saturated rings. The van der Waals surface area contributed by atoms with Gasteiger partial charge in [0.05, 0.1) is 0 Å². The van der Waals surface area contributed by atoms with Crippen molar-refractivity contribution < 1.29 is 9.59 Å². The summed E-state index contributed by atoms with van der Waals surface area (Å²) in [6.07, 6.45) is 2.11. The molecule has 1 unspecified atom stereocenters. The Labute approximate surface area is 92.7 Å². The second-order valence-electron chi connectivity index (χ2n) is 3.85. The predicted molar refractivity (Wildman–Crippen MR) is 58.8 cm³/mol. The molecule has 3 N–H and O–H groups in total.